The van der Waals surface area contributed by atoms with Gasteiger partial charge in [-0.1, -0.05) is 12.1 Å². The molecule has 1 aromatic heterocycles. The molecule has 6 nitrogen and oxygen atoms in total. The van der Waals surface area contributed by atoms with Gasteiger partial charge in [-0.2, -0.15) is 0 Å². The Labute approximate surface area is 158 Å². The smallest absolute Gasteiger partial charge is 0.191 e. The second kappa shape index (κ2) is 7.69. The van der Waals surface area contributed by atoms with Crippen LogP contribution in [-0.4, -0.2) is 47.8 Å². The molecule has 7 heteroatoms. The van der Waals surface area contributed by atoms with Crippen molar-refractivity contribution in [2.75, 3.05) is 13.6 Å². The molecule has 130 valence electrons. The number of rotatable bonds is 4. The van der Waals surface area contributed by atoms with Gasteiger partial charge in [-0.25, -0.2) is 4.98 Å². The molecular formula is C17H24IN5O. The standard InChI is InChI=1S/C17H23N5O.HI/c1-18-17(22-14-10-11-6-7-15(14)23-11)19-9-8-16-20-12-4-2-3-5-13(12)21-16;/h2-5,11,14-15H,6-10H2,1H3,(H,20,21)(H2,18,19,22);1H. The van der Waals surface area contributed by atoms with Gasteiger partial charge in [0.1, 0.15) is 5.82 Å². The molecule has 2 saturated heterocycles. The number of benzene rings is 1. The van der Waals surface area contributed by atoms with E-state index in [9.17, 15) is 0 Å². The van der Waals surface area contributed by atoms with E-state index < -0.39 is 0 Å². The van der Waals surface area contributed by atoms with Crippen molar-refractivity contribution >= 4 is 41.0 Å². The van der Waals surface area contributed by atoms with Crippen molar-refractivity contribution in [3.05, 3.63) is 30.1 Å². The van der Waals surface area contributed by atoms with Gasteiger partial charge in [0, 0.05) is 20.0 Å². The summed E-state index contributed by atoms with van der Waals surface area (Å²) in [5.74, 6) is 1.85. The van der Waals surface area contributed by atoms with E-state index in [4.69, 9.17) is 4.74 Å². The summed E-state index contributed by atoms with van der Waals surface area (Å²) in [5.41, 5.74) is 2.10. The summed E-state index contributed by atoms with van der Waals surface area (Å²) in [6.07, 6.45) is 5.11. The Hall–Kier alpha value is -1.35. The van der Waals surface area contributed by atoms with Crippen molar-refractivity contribution in [3.63, 3.8) is 0 Å². The zero-order chi connectivity index (χ0) is 15.6. The predicted molar refractivity (Wildman–Crippen MR) is 106 cm³/mol. The summed E-state index contributed by atoms with van der Waals surface area (Å²) < 4.78 is 5.88. The van der Waals surface area contributed by atoms with Crippen LogP contribution in [0.3, 0.4) is 0 Å². The van der Waals surface area contributed by atoms with Crippen LogP contribution in [0.2, 0.25) is 0 Å². The summed E-state index contributed by atoms with van der Waals surface area (Å²) in [6, 6.07) is 8.50. The Morgan fingerprint density at radius 1 is 1.38 bits per heavy atom. The van der Waals surface area contributed by atoms with Crippen LogP contribution in [0.4, 0.5) is 0 Å². The average molecular weight is 441 g/mol. The first-order chi connectivity index (χ1) is 11.3. The van der Waals surface area contributed by atoms with Crippen LogP contribution < -0.4 is 10.6 Å². The molecular weight excluding hydrogens is 417 g/mol. The van der Waals surface area contributed by atoms with Crippen molar-refractivity contribution < 1.29 is 4.74 Å². The minimum Gasteiger partial charge on any atom is -0.373 e. The van der Waals surface area contributed by atoms with E-state index in [0.717, 1.165) is 48.6 Å². The fourth-order valence-corrected chi connectivity index (χ4v) is 3.58. The van der Waals surface area contributed by atoms with Crippen molar-refractivity contribution in [2.24, 2.45) is 4.99 Å². The lowest BCUT2D eigenvalue weighted by Gasteiger charge is -2.22. The molecule has 0 aliphatic carbocycles. The van der Waals surface area contributed by atoms with E-state index in [1.807, 2.05) is 25.2 Å². The van der Waals surface area contributed by atoms with Crippen LogP contribution in [-0.2, 0) is 11.2 Å². The number of aromatic nitrogens is 2. The Balaban J connectivity index is 0.00000169. The van der Waals surface area contributed by atoms with Gasteiger partial charge >= 0.3 is 0 Å². The van der Waals surface area contributed by atoms with Gasteiger partial charge in [0.2, 0.25) is 0 Å². The number of hydrogen-bond acceptors (Lipinski definition) is 3. The molecule has 3 atom stereocenters. The van der Waals surface area contributed by atoms with Crippen molar-refractivity contribution in [1.29, 1.82) is 0 Å². The summed E-state index contributed by atoms with van der Waals surface area (Å²) >= 11 is 0. The Morgan fingerprint density at radius 2 is 2.25 bits per heavy atom. The van der Waals surface area contributed by atoms with Crippen LogP contribution in [0.5, 0.6) is 0 Å². The maximum Gasteiger partial charge on any atom is 0.191 e. The van der Waals surface area contributed by atoms with E-state index in [0.29, 0.717) is 18.2 Å². The number of imidazole rings is 1. The summed E-state index contributed by atoms with van der Waals surface area (Å²) in [7, 11) is 1.81. The largest absolute Gasteiger partial charge is 0.373 e. The van der Waals surface area contributed by atoms with Gasteiger partial charge < -0.3 is 20.4 Å². The van der Waals surface area contributed by atoms with E-state index >= 15 is 0 Å². The number of aromatic amines is 1. The van der Waals surface area contributed by atoms with Gasteiger partial charge in [0.15, 0.2) is 5.96 Å². The van der Waals surface area contributed by atoms with Gasteiger partial charge in [-0.05, 0) is 31.4 Å². The molecule has 3 N–H and O–H groups in total. The minimum atomic E-state index is 0. The van der Waals surface area contributed by atoms with E-state index in [1.165, 1.54) is 6.42 Å². The number of fused-ring (bicyclic) bond motifs is 3. The number of nitrogens with zero attached hydrogens (tertiary/aromatic N) is 2. The summed E-state index contributed by atoms with van der Waals surface area (Å²) in [4.78, 5) is 12.3. The lowest BCUT2D eigenvalue weighted by molar-refractivity contribution is 0.0992. The maximum atomic E-state index is 5.88. The monoisotopic (exact) mass is 441 g/mol. The van der Waals surface area contributed by atoms with Crippen LogP contribution in [0.1, 0.15) is 25.1 Å². The molecule has 2 bridgehead atoms. The number of halogens is 1. The summed E-state index contributed by atoms with van der Waals surface area (Å²) in [6.45, 7) is 0.793. The minimum absolute atomic E-state index is 0. The molecule has 1 aromatic carbocycles. The number of para-hydroxylation sites is 2. The van der Waals surface area contributed by atoms with Gasteiger partial charge in [-0.3, -0.25) is 4.99 Å². The first kappa shape index (κ1) is 17.5. The number of guanidine groups is 1. The second-order valence-corrected chi connectivity index (χ2v) is 6.31. The third-order valence-electron chi connectivity index (χ3n) is 4.74. The van der Waals surface area contributed by atoms with Crippen LogP contribution in [0.15, 0.2) is 29.3 Å². The van der Waals surface area contributed by atoms with Gasteiger partial charge in [0.25, 0.3) is 0 Å². The quantitative estimate of drug-likeness (QED) is 0.387. The van der Waals surface area contributed by atoms with Crippen LogP contribution in [0, 0.1) is 0 Å². The Bertz CT molecular complexity index is 683. The van der Waals surface area contributed by atoms with Crippen molar-refractivity contribution in [2.45, 2.75) is 43.9 Å². The summed E-state index contributed by atoms with van der Waals surface area (Å²) in [5, 5.41) is 6.87. The molecule has 4 rings (SSSR count). The third kappa shape index (κ3) is 3.66. The number of hydrogen-bond donors (Lipinski definition) is 3. The Kier molecular flexibility index (Phi) is 5.60. The highest BCUT2D eigenvalue weighted by Crippen LogP contribution is 2.34. The van der Waals surface area contributed by atoms with E-state index in [-0.39, 0.29) is 24.0 Å². The third-order valence-corrected chi connectivity index (χ3v) is 4.74. The first-order valence-electron chi connectivity index (χ1n) is 8.38. The number of nitrogens with one attached hydrogen (secondary N) is 3. The Morgan fingerprint density at radius 3 is 2.96 bits per heavy atom. The highest BCUT2D eigenvalue weighted by Gasteiger charge is 2.41. The van der Waals surface area contributed by atoms with E-state index in [1.54, 1.807) is 0 Å². The van der Waals surface area contributed by atoms with Crippen molar-refractivity contribution in [1.82, 2.24) is 20.6 Å². The molecule has 2 aliphatic rings. The lowest BCUT2D eigenvalue weighted by Crippen LogP contribution is -2.47. The molecule has 2 fully saturated rings. The van der Waals surface area contributed by atoms with Gasteiger partial charge in [-0.15, -0.1) is 24.0 Å². The molecule has 0 radical (unpaired) electrons. The second-order valence-electron chi connectivity index (χ2n) is 6.31. The van der Waals surface area contributed by atoms with Crippen LogP contribution >= 0.6 is 24.0 Å². The normalized spacial score (nSPS) is 25.7. The highest BCUT2D eigenvalue weighted by atomic mass is 127. The zero-order valence-electron chi connectivity index (χ0n) is 13.8. The number of ether oxygens (including phenoxy) is 1. The number of aliphatic imine (C=N–C) groups is 1. The highest BCUT2D eigenvalue weighted by molar-refractivity contribution is 14.0. The molecule has 2 aliphatic heterocycles. The molecule has 0 spiro atoms. The molecule has 3 heterocycles. The molecule has 0 saturated carbocycles. The lowest BCUT2D eigenvalue weighted by atomic mass is 9.96. The molecule has 24 heavy (non-hydrogen) atoms. The molecule has 2 aromatic rings. The fraction of sp³-hybridized carbons (Fsp3) is 0.529. The molecule has 0 amide bonds. The van der Waals surface area contributed by atoms with Crippen LogP contribution in [0.25, 0.3) is 11.0 Å². The zero-order valence-corrected chi connectivity index (χ0v) is 16.1. The number of H-pyrrole nitrogens is 1. The average Bonchev–Trinajstić information content (AvgIpc) is 3.28. The fourth-order valence-electron chi connectivity index (χ4n) is 3.58. The van der Waals surface area contributed by atoms with E-state index in [2.05, 4.69) is 31.7 Å². The SMILES string of the molecule is CN=C(NCCc1nc2ccccc2[nH]1)NC1CC2CCC1O2.I. The predicted octanol–water partition coefficient (Wildman–Crippen LogP) is 2.21. The van der Waals surface area contributed by atoms with Crippen molar-refractivity contribution in [3.8, 4) is 0 Å². The maximum absolute atomic E-state index is 5.88. The molecule has 3 unspecified atom stereocenters. The topological polar surface area (TPSA) is 74.3 Å². The van der Waals surface area contributed by atoms with Gasteiger partial charge in [0.05, 0.1) is 29.3 Å². The first-order valence-corrected chi connectivity index (χ1v) is 8.38.